The molecule has 1 aromatic heterocycles. The molecule has 0 aliphatic carbocycles. The minimum atomic E-state index is -3.39. The van der Waals surface area contributed by atoms with E-state index in [1.807, 2.05) is 0 Å². The van der Waals surface area contributed by atoms with Crippen molar-refractivity contribution < 1.29 is 8.42 Å². The number of benzene rings is 1. The first-order valence-corrected chi connectivity index (χ1v) is 8.10. The lowest BCUT2D eigenvalue weighted by Crippen LogP contribution is -2.11. The number of aryl methyl sites for hydroxylation is 1. The third-order valence-electron chi connectivity index (χ3n) is 2.72. The van der Waals surface area contributed by atoms with Gasteiger partial charge in [-0.05, 0) is 42.3 Å². The minimum absolute atomic E-state index is 0.0255. The highest BCUT2D eigenvalue weighted by molar-refractivity contribution is 9.10. The Hall–Kier alpha value is -1.40. The predicted octanol–water partition coefficient (Wildman–Crippen LogP) is 2.44. The Kier molecular flexibility index (Phi) is 4.21. The van der Waals surface area contributed by atoms with Crippen molar-refractivity contribution in [1.29, 1.82) is 0 Å². The Morgan fingerprint density at radius 3 is 2.53 bits per heavy atom. The van der Waals surface area contributed by atoms with E-state index in [-0.39, 0.29) is 16.3 Å². The maximum absolute atomic E-state index is 12.3. The second-order valence-corrected chi connectivity index (χ2v) is 7.10. The highest BCUT2D eigenvalue weighted by Gasteiger charge is 2.18. The molecule has 0 aliphatic heterocycles. The second kappa shape index (κ2) is 5.71. The van der Waals surface area contributed by atoms with Crippen molar-refractivity contribution in [3.8, 4) is 0 Å². The number of sulfone groups is 1. The largest absolute Gasteiger partial charge is 0.398 e. The van der Waals surface area contributed by atoms with E-state index in [1.165, 1.54) is 6.07 Å². The third kappa shape index (κ3) is 3.54. The van der Waals surface area contributed by atoms with Crippen LogP contribution in [0.4, 0.5) is 5.69 Å². The van der Waals surface area contributed by atoms with E-state index >= 15 is 0 Å². The van der Waals surface area contributed by atoms with Crippen LogP contribution >= 0.6 is 15.9 Å². The fourth-order valence-electron chi connectivity index (χ4n) is 1.69. The van der Waals surface area contributed by atoms with Crippen LogP contribution in [0.15, 0.2) is 52.1 Å². The summed E-state index contributed by atoms with van der Waals surface area (Å²) in [5.74, 6) is 0.0255. The molecular weight excluding hydrogens is 328 g/mol. The Morgan fingerprint density at radius 1 is 1.16 bits per heavy atom. The number of nitrogens with zero attached hydrogens (tertiary/aromatic N) is 1. The number of pyridine rings is 1. The predicted molar refractivity (Wildman–Crippen MR) is 78.5 cm³/mol. The summed E-state index contributed by atoms with van der Waals surface area (Å²) in [5.41, 5.74) is 6.95. The van der Waals surface area contributed by atoms with Gasteiger partial charge in [0.1, 0.15) is 0 Å². The molecule has 0 fully saturated rings. The lowest BCUT2D eigenvalue weighted by Gasteiger charge is -2.08. The van der Waals surface area contributed by atoms with Crippen molar-refractivity contribution in [1.82, 2.24) is 4.98 Å². The molecule has 0 radical (unpaired) electrons. The average molecular weight is 341 g/mol. The van der Waals surface area contributed by atoms with Crippen LogP contribution in [0.5, 0.6) is 0 Å². The summed E-state index contributed by atoms with van der Waals surface area (Å²) in [4.78, 5) is 4.07. The lowest BCUT2D eigenvalue weighted by atomic mass is 10.2. The standard InChI is InChI=1S/C13H13BrN2O2S/c14-11-1-2-12(15)13(9-11)19(17,18)8-5-10-3-6-16-7-4-10/h1-4,6-7,9H,5,8,15H2. The molecule has 1 heterocycles. The summed E-state index contributed by atoms with van der Waals surface area (Å²) in [6.07, 6.45) is 3.74. The zero-order valence-electron chi connectivity index (χ0n) is 10.1. The first kappa shape index (κ1) is 14.0. The van der Waals surface area contributed by atoms with E-state index in [0.29, 0.717) is 10.9 Å². The minimum Gasteiger partial charge on any atom is -0.398 e. The second-order valence-electron chi connectivity index (χ2n) is 4.11. The molecule has 6 heteroatoms. The number of nitrogens with two attached hydrogens (primary N) is 1. The smallest absolute Gasteiger partial charge is 0.180 e. The molecule has 0 spiro atoms. The van der Waals surface area contributed by atoms with Crippen LogP contribution in [0.2, 0.25) is 0 Å². The molecule has 0 amide bonds. The molecule has 0 unspecified atom stereocenters. The van der Waals surface area contributed by atoms with Gasteiger partial charge in [0.25, 0.3) is 0 Å². The molecule has 0 aliphatic rings. The van der Waals surface area contributed by atoms with Crippen molar-refractivity contribution in [2.24, 2.45) is 0 Å². The molecule has 2 aromatic rings. The van der Waals surface area contributed by atoms with Crippen LogP contribution in [0.3, 0.4) is 0 Å². The number of hydrogen-bond acceptors (Lipinski definition) is 4. The number of hydrogen-bond donors (Lipinski definition) is 1. The lowest BCUT2D eigenvalue weighted by molar-refractivity contribution is 0.595. The fourth-order valence-corrected chi connectivity index (χ4v) is 3.66. The molecule has 0 bridgehead atoms. The van der Waals surface area contributed by atoms with Crippen molar-refractivity contribution in [2.75, 3.05) is 11.5 Å². The van der Waals surface area contributed by atoms with E-state index in [4.69, 9.17) is 5.73 Å². The number of rotatable bonds is 4. The quantitative estimate of drug-likeness (QED) is 0.867. The van der Waals surface area contributed by atoms with Crippen LogP contribution < -0.4 is 5.73 Å². The van der Waals surface area contributed by atoms with Crippen LogP contribution in [-0.4, -0.2) is 19.2 Å². The van der Waals surface area contributed by atoms with E-state index < -0.39 is 9.84 Å². The van der Waals surface area contributed by atoms with Gasteiger partial charge in [-0.3, -0.25) is 4.98 Å². The molecule has 0 atom stereocenters. The Morgan fingerprint density at radius 2 is 1.84 bits per heavy atom. The molecule has 2 N–H and O–H groups in total. The van der Waals surface area contributed by atoms with E-state index in [0.717, 1.165) is 5.56 Å². The summed E-state index contributed by atoms with van der Waals surface area (Å²) in [7, 11) is -3.39. The number of anilines is 1. The molecule has 100 valence electrons. The summed E-state index contributed by atoms with van der Waals surface area (Å²) < 4.78 is 25.2. The van der Waals surface area contributed by atoms with Gasteiger partial charge < -0.3 is 5.73 Å². The molecular formula is C13H13BrN2O2S. The molecule has 2 rings (SSSR count). The number of halogens is 1. The van der Waals surface area contributed by atoms with Gasteiger partial charge in [-0.15, -0.1) is 0 Å². The van der Waals surface area contributed by atoms with Gasteiger partial charge in [-0.2, -0.15) is 0 Å². The Labute approximate surface area is 120 Å². The van der Waals surface area contributed by atoms with Gasteiger partial charge in [0, 0.05) is 16.9 Å². The van der Waals surface area contributed by atoms with Gasteiger partial charge in [0.05, 0.1) is 16.3 Å². The summed E-state index contributed by atoms with van der Waals surface area (Å²) in [6.45, 7) is 0. The SMILES string of the molecule is Nc1ccc(Br)cc1S(=O)(=O)CCc1ccncc1. The van der Waals surface area contributed by atoms with Gasteiger partial charge in [-0.1, -0.05) is 15.9 Å². The van der Waals surface area contributed by atoms with Crippen molar-refractivity contribution in [3.05, 3.63) is 52.8 Å². The molecule has 1 aromatic carbocycles. The van der Waals surface area contributed by atoms with E-state index in [9.17, 15) is 8.42 Å². The van der Waals surface area contributed by atoms with Crippen LogP contribution in [0.1, 0.15) is 5.56 Å². The van der Waals surface area contributed by atoms with Crippen molar-refractivity contribution in [2.45, 2.75) is 11.3 Å². The van der Waals surface area contributed by atoms with Gasteiger partial charge in [0.2, 0.25) is 0 Å². The zero-order valence-corrected chi connectivity index (χ0v) is 12.5. The molecule has 0 saturated heterocycles. The highest BCUT2D eigenvalue weighted by Crippen LogP contribution is 2.24. The maximum atomic E-state index is 12.3. The maximum Gasteiger partial charge on any atom is 0.180 e. The topological polar surface area (TPSA) is 73.1 Å². The van der Waals surface area contributed by atoms with E-state index in [1.54, 1.807) is 36.7 Å². The van der Waals surface area contributed by atoms with Crippen LogP contribution in [0, 0.1) is 0 Å². The van der Waals surface area contributed by atoms with Gasteiger partial charge in [0.15, 0.2) is 9.84 Å². The molecule has 0 saturated carbocycles. The Bertz CT molecular complexity index is 672. The summed E-state index contributed by atoms with van der Waals surface area (Å²) in [5, 5.41) is 0. The average Bonchev–Trinajstić information content (AvgIpc) is 2.40. The molecule has 19 heavy (non-hydrogen) atoms. The first-order valence-electron chi connectivity index (χ1n) is 5.66. The van der Waals surface area contributed by atoms with E-state index in [2.05, 4.69) is 20.9 Å². The number of aromatic nitrogens is 1. The highest BCUT2D eigenvalue weighted by atomic mass is 79.9. The summed E-state index contributed by atoms with van der Waals surface area (Å²) in [6, 6.07) is 8.46. The number of nitrogen functional groups attached to an aromatic ring is 1. The van der Waals surface area contributed by atoms with Gasteiger partial charge in [-0.25, -0.2) is 8.42 Å². The monoisotopic (exact) mass is 340 g/mol. The van der Waals surface area contributed by atoms with Crippen molar-refractivity contribution >= 4 is 31.5 Å². The fraction of sp³-hybridized carbons (Fsp3) is 0.154. The van der Waals surface area contributed by atoms with Crippen molar-refractivity contribution in [3.63, 3.8) is 0 Å². The normalized spacial score (nSPS) is 11.4. The summed E-state index contributed by atoms with van der Waals surface area (Å²) >= 11 is 3.26. The van der Waals surface area contributed by atoms with Gasteiger partial charge >= 0.3 is 0 Å². The van der Waals surface area contributed by atoms with Crippen LogP contribution in [-0.2, 0) is 16.3 Å². The molecule has 4 nitrogen and oxygen atoms in total. The first-order chi connectivity index (χ1) is 8.99. The zero-order chi connectivity index (χ0) is 13.9. The third-order valence-corrected chi connectivity index (χ3v) is 4.98. The van der Waals surface area contributed by atoms with Crippen LogP contribution in [0.25, 0.3) is 0 Å². The Balaban J connectivity index is 2.21.